The molecule has 0 bridgehead atoms. The van der Waals surface area contributed by atoms with E-state index < -0.39 is 0 Å². The van der Waals surface area contributed by atoms with Gasteiger partial charge in [-0.25, -0.2) is 0 Å². The van der Waals surface area contributed by atoms with Crippen LogP contribution in [0.5, 0.6) is 0 Å². The summed E-state index contributed by atoms with van der Waals surface area (Å²) in [6.45, 7) is 32.7. The predicted molar refractivity (Wildman–Crippen MR) is 204 cm³/mol. The molecule has 0 aromatic rings. The fourth-order valence-electron chi connectivity index (χ4n) is 9.73. The molecule has 0 aromatic carbocycles. The quantitative estimate of drug-likeness (QED) is 0.280. The van der Waals surface area contributed by atoms with Crippen molar-refractivity contribution in [3.63, 3.8) is 0 Å². The molecule has 272 valence electrons. The highest BCUT2D eigenvalue weighted by molar-refractivity contribution is 5.95. The minimum Gasteiger partial charge on any atom is -0.300 e. The molecule has 4 heteroatoms. The minimum absolute atomic E-state index is 0.119. The number of carbonyl (C=O) groups excluding carboxylic acids is 4. The van der Waals surface area contributed by atoms with Gasteiger partial charge in [0.2, 0.25) is 0 Å². The highest BCUT2D eigenvalue weighted by Gasteiger charge is 2.39. The Morgan fingerprint density at radius 1 is 0.646 bits per heavy atom. The Balaban J connectivity index is 0.000000320. The molecule has 0 fully saturated rings. The van der Waals surface area contributed by atoms with Gasteiger partial charge in [-0.2, -0.15) is 0 Å². The van der Waals surface area contributed by atoms with E-state index in [4.69, 9.17) is 0 Å². The molecule has 4 aliphatic rings. The Hall–Kier alpha value is -2.36. The molecule has 4 rings (SSSR count). The van der Waals surface area contributed by atoms with Gasteiger partial charge >= 0.3 is 0 Å². The molecule has 0 radical (unpaired) electrons. The standard InChI is InChI=1S/4C11H18O/c4*1-8-6-5-7-11(3,4)10(8)9(2)12/h5-7H2,1-4H3;6,10H,5,7H2,1-4H3;2*5-6,8,10H,7H2,1-4H3/t;;8-,10-;/m..1./s1. The molecule has 5 atom stereocenters. The lowest BCUT2D eigenvalue weighted by molar-refractivity contribution is -0.126. The van der Waals surface area contributed by atoms with Crippen molar-refractivity contribution in [2.24, 2.45) is 51.2 Å². The van der Waals surface area contributed by atoms with Crippen LogP contribution >= 0.6 is 0 Å². The number of ketones is 4. The number of hydrogen-bond donors (Lipinski definition) is 0. The van der Waals surface area contributed by atoms with Gasteiger partial charge in [-0.05, 0) is 126 Å². The Bertz CT molecular complexity index is 1230. The third kappa shape index (κ3) is 11.9. The van der Waals surface area contributed by atoms with Crippen molar-refractivity contribution in [1.29, 1.82) is 0 Å². The molecular formula is C44H72O4. The maximum Gasteiger partial charge on any atom is 0.156 e. The highest BCUT2D eigenvalue weighted by atomic mass is 16.1. The van der Waals surface area contributed by atoms with Gasteiger partial charge in [0.1, 0.15) is 17.3 Å². The van der Waals surface area contributed by atoms with Crippen molar-refractivity contribution in [2.45, 2.75) is 156 Å². The summed E-state index contributed by atoms with van der Waals surface area (Å²) in [4.78, 5) is 45.5. The van der Waals surface area contributed by atoms with Crippen molar-refractivity contribution in [3.8, 4) is 0 Å². The molecular weight excluding hydrogens is 592 g/mol. The number of rotatable bonds is 4. The fraction of sp³-hybridized carbons (Fsp3) is 0.727. The lowest BCUT2D eigenvalue weighted by Gasteiger charge is -2.38. The Morgan fingerprint density at radius 2 is 1.08 bits per heavy atom. The van der Waals surface area contributed by atoms with Crippen LogP contribution in [0, 0.1) is 51.2 Å². The van der Waals surface area contributed by atoms with Gasteiger partial charge in [-0.3, -0.25) is 19.2 Å². The predicted octanol–water partition coefficient (Wildman–Crippen LogP) is 11.7. The van der Waals surface area contributed by atoms with Gasteiger partial charge in [-0.15, -0.1) is 0 Å². The third-order valence-electron chi connectivity index (χ3n) is 11.5. The van der Waals surface area contributed by atoms with E-state index in [1.165, 1.54) is 17.6 Å². The molecule has 0 N–H and O–H groups in total. The van der Waals surface area contributed by atoms with E-state index in [1.54, 1.807) is 27.7 Å². The molecule has 0 heterocycles. The Kier molecular flexibility index (Phi) is 15.9. The van der Waals surface area contributed by atoms with E-state index in [9.17, 15) is 19.2 Å². The summed E-state index contributed by atoms with van der Waals surface area (Å²) in [6.07, 6.45) is 18.7. The first kappa shape index (κ1) is 43.7. The Labute approximate surface area is 295 Å². The van der Waals surface area contributed by atoms with E-state index in [0.717, 1.165) is 44.1 Å². The number of allylic oxidation sites excluding steroid dienone is 8. The monoisotopic (exact) mass is 665 g/mol. The SMILES string of the molecule is CC(=O)C1=C(C)CCCC1(C)C.CC(=O)C1C(C)=CCCC1(C)C.CC(=O)C1C(C)C=CCC1(C)C.CC(=O)[C@H]1[C@H](C)C=CCC1(C)C. The van der Waals surface area contributed by atoms with Gasteiger partial charge < -0.3 is 0 Å². The average Bonchev–Trinajstić information content (AvgIpc) is 2.86. The van der Waals surface area contributed by atoms with Crippen LogP contribution in [0.3, 0.4) is 0 Å². The number of carbonyl (C=O) groups is 4. The zero-order valence-electron chi connectivity index (χ0n) is 33.9. The highest BCUT2D eigenvalue weighted by Crippen LogP contribution is 2.43. The number of Topliss-reactive ketones (excluding diaryl/α,β-unsaturated/α-hetero) is 4. The molecule has 4 nitrogen and oxygen atoms in total. The molecule has 0 spiro atoms. The van der Waals surface area contributed by atoms with Crippen LogP contribution in [-0.2, 0) is 19.2 Å². The molecule has 4 aliphatic carbocycles. The van der Waals surface area contributed by atoms with E-state index >= 15 is 0 Å². The zero-order chi connectivity index (χ0) is 37.4. The maximum atomic E-state index is 11.4. The number of hydrogen-bond acceptors (Lipinski definition) is 4. The minimum atomic E-state index is 0.119. The fourth-order valence-corrected chi connectivity index (χ4v) is 9.73. The van der Waals surface area contributed by atoms with Gasteiger partial charge in [0.25, 0.3) is 0 Å². The van der Waals surface area contributed by atoms with Crippen LogP contribution in [0.25, 0.3) is 0 Å². The Morgan fingerprint density at radius 3 is 1.33 bits per heavy atom. The first-order valence-corrected chi connectivity index (χ1v) is 18.5. The molecule has 48 heavy (non-hydrogen) atoms. The van der Waals surface area contributed by atoms with E-state index in [2.05, 4.69) is 113 Å². The lowest BCUT2D eigenvalue weighted by Crippen LogP contribution is -2.35. The second-order valence-corrected chi connectivity index (χ2v) is 18.1. The second-order valence-electron chi connectivity index (χ2n) is 18.1. The van der Waals surface area contributed by atoms with Crippen molar-refractivity contribution in [3.05, 3.63) is 47.1 Å². The first-order chi connectivity index (χ1) is 21.8. The summed E-state index contributed by atoms with van der Waals surface area (Å²) in [7, 11) is 0. The molecule has 3 unspecified atom stereocenters. The van der Waals surface area contributed by atoms with Crippen LogP contribution in [-0.4, -0.2) is 23.1 Å². The van der Waals surface area contributed by atoms with Crippen molar-refractivity contribution in [1.82, 2.24) is 0 Å². The van der Waals surface area contributed by atoms with E-state index in [0.29, 0.717) is 29.2 Å². The van der Waals surface area contributed by atoms with Crippen LogP contribution in [0.2, 0.25) is 0 Å². The zero-order valence-corrected chi connectivity index (χ0v) is 33.9. The van der Waals surface area contributed by atoms with Crippen molar-refractivity contribution < 1.29 is 19.2 Å². The lowest BCUT2D eigenvalue weighted by atomic mass is 9.66. The summed E-state index contributed by atoms with van der Waals surface area (Å²) >= 11 is 0. The summed E-state index contributed by atoms with van der Waals surface area (Å²) in [6, 6.07) is 0. The van der Waals surface area contributed by atoms with Gasteiger partial charge in [-0.1, -0.05) is 111 Å². The van der Waals surface area contributed by atoms with Gasteiger partial charge in [0, 0.05) is 17.8 Å². The van der Waals surface area contributed by atoms with Crippen LogP contribution < -0.4 is 0 Å². The first-order valence-electron chi connectivity index (χ1n) is 18.5. The van der Waals surface area contributed by atoms with Crippen LogP contribution in [0.1, 0.15) is 156 Å². The molecule has 0 aromatic heterocycles. The van der Waals surface area contributed by atoms with Gasteiger partial charge in [0.05, 0.1) is 0 Å². The summed E-state index contributed by atoms with van der Waals surface area (Å²) in [5, 5.41) is 0. The van der Waals surface area contributed by atoms with Crippen LogP contribution in [0.15, 0.2) is 47.1 Å². The molecule has 0 saturated heterocycles. The maximum absolute atomic E-state index is 11.4. The second kappa shape index (κ2) is 17.5. The van der Waals surface area contributed by atoms with E-state index in [1.807, 2.05) is 0 Å². The molecule has 0 saturated carbocycles. The summed E-state index contributed by atoms with van der Waals surface area (Å²) in [5.74, 6) is 2.63. The third-order valence-corrected chi connectivity index (χ3v) is 11.5. The topological polar surface area (TPSA) is 68.3 Å². The van der Waals surface area contributed by atoms with Crippen molar-refractivity contribution >= 4 is 23.1 Å². The smallest absolute Gasteiger partial charge is 0.156 e. The summed E-state index contributed by atoms with van der Waals surface area (Å²) in [5.41, 5.74) is 4.24. The largest absolute Gasteiger partial charge is 0.300 e. The molecule has 0 aliphatic heterocycles. The molecule has 0 amide bonds. The van der Waals surface area contributed by atoms with Crippen LogP contribution in [0.4, 0.5) is 0 Å². The van der Waals surface area contributed by atoms with Crippen molar-refractivity contribution in [2.75, 3.05) is 0 Å². The normalized spacial score (nSPS) is 29.3. The van der Waals surface area contributed by atoms with Gasteiger partial charge in [0.15, 0.2) is 5.78 Å². The summed E-state index contributed by atoms with van der Waals surface area (Å²) < 4.78 is 0. The average molecular weight is 665 g/mol. The van der Waals surface area contributed by atoms with E-state index in [-0.39, 0.29) is 45.2 Å².